The number of aromatic nitrogens is 1. The van der Waals surface area contributed by atoms with Crippen LogP contribution in [0.2, 0.25) is 0 Å². The third-order valence-corrected chi connectivity index (χ3v) is 7.51. The second-order valence-corrected chi connectivity index (χ2v) is 9.15. The summed E-state index contributed by atoms with van der Waals surface area (Å²) in [6, 6.07) is 8.65. The van der Waals surface area contributed by atoms with E-state index in [0.717, 1.165) is 16.7 Å². The van der Waals surface area contributed by atoms with Crippen molar-refractivity contribution in [3.63, 3.8) is 0 Å². The van der Waals surface area contributed by atoms with Crippen molar-refractivity contribution in [2.75, 3.05) is 18.6 Å². The topological polar surface area (TPSA) is 139 Å². The van der Waals surface area contributed by atoms with Crippen molar-refractivity contribution >= 4 is 46.4 Å². The summed E-state index contributed by atoms with van der Waals surface area (Å²) in [4.78, 5) is 55.0. The van der Waals surface area contributed by atoms with Crippen molar-refractivity contribution in [1.29, 1.82) is 0 Å². The summed E-state index contributed by atoms with van der Waals surface area (Å²) < 4.78 is 10.4. The number of nitrogens with one attached hydrogen (secondary N) is 1. The molecule has 0 bridgehead atoms. The Morgan fingerprint density at radius 1 is 1.36 bits per heavy atom. The van der Waals surface area contributed by atoms with Gasteiger partial charge < -0.3 is 19.6 Å². The summed E-state index contributed by atoms with van der Waals surface area (Å²) in [5, 5.41) is 11.4. The molecule has 2 aliphatic rings. The lowest BCUT2D eigenvalue weighted by molar-refractivity contribution is -0.192. The number of carboxylic acids is 1. The molecule has 33 heavy (non-hydrogen) atoms. The van der Waals surface area contributed by atoms with E-state index in [1.807, 2.05) is 0 Å². The van der Waals surface area contributed by atoms with E-state index in [-0.39, 0.29) is 34.6 Å². The molecule has 2 aromatic rings. The van der Waals surface area contributed by atoms with Crippen molar-refractivity contribution < 1.29 is 33.4 Å². The molecule has 1 unspecified atom stereocenters. The average molecular weight is 490 g/mol. The second kappa shape index (κ2) is 9.41. The van der Waals surface area contributed by atoms with Crippen LogP contribution in [-0.4, -0.2) is 67.6 Å². The van der Waals surface area contributed by atoms with E-state index >= 15 is 0 Å². The van der Waals surface area contributed by atoms with Crippen LogP contribution in [0.5, 0.6) is 0 Å². The van der Waals surface area contributed by atoms with E-state index in [4.69, 9.17) is 9.15 Å². The number of hydrogen-bond acceptors (Lipinski definition) is 9. The number of carboxylic acid groups (broad SMARTS) is 1. The highest BCUT2D eigenvalue weighted by Crippen LogP contribution is 2.47. The Morgan fingerprint density at radius 2 is 2.12 bits per heavy atom. The van der Waals surface area contributed by atoms with E-state index in [1.165, 1.54) is 31.3 Å². The minimum atomic E-state index is -1.70. The molecule has 1 aromatic heterocycles. The lowest BCUT2D eigenvalue weighted by atomic mass is 9.98. The Bertz CT molecular complexity index is 1120. The summed E-state index contributed by atoms with van der Waals surface area (Å²) in [6.45, 7) is 0. The van der Waals surface area contributed by atoms with Gasteiger partial charge in [-0.1, -0.05) is 42.1 Å². The van der Waals surface area contributed by atoms with E-state index < -0.39 is 28.9 Å². The number of amides is 2. The first kappa shape index (κ1) is 23.1. The Balaban J connectivity index is 1.50. The van der Waals surface area contributed by atoms with Crippen LogP contribution in [0.25, 0.3) is 0 Å². The molecular weight excluding hydrogens is 470 g/mol. The highest BCUT2D eigenvalue weighted by Gasteiger charge is 2.66. The first-order chi connectivity index (χ1) is 15.9. The van der Waals surface area contributed by atoms with Gasteiger partial charge in [-0.25, -0.2) is 9.78 Å². The Kier molecular flexibility index (Phi) is 6.58. The highest BCUT2D eigenvalue weighted by molar-refractivity contribution is 8.14. The molecule has 4 rings (SSSR count). The molecule has 0 spiro atoms. The fourth-order valence-corrected chi connectivity index (χ4v) is 6.01. The molecule has 0 saturated carbocycles. The van der Waals surface area contributed by atoms with Crippen molar-refractivity contribution in [3.05, 3.63) is 65.5 Å². The summed E-state index contributed by atoms with van der Waals surface area (Å²) in [5.74, 6) is -1.98. The third kappa shape index (κ3) is 4.28. The number of carbonyl (C=O) groups excluding carboxylic acids is 3. The molecule has 1 saturated heterocycles. The number of hydrogen-bond donors (Lipinski definition) is 2. The normalized spacial score (nSPS) is 21.9. The number of nitrogens with zero attached hydrogens (tertiary/aromatic N) is 2. The maximum absolute atomic E-state index is 13.1. The number of aliphatic carboxylic acids is 1. The molecule has 2 atom stereocenters. The van der Waals surface area contributed by atoms with Gasteiger partial charge in [0.2, 0.25) is 16.9 Å². The number of thioether (sulfide) groups is 2. The van der Waals surface area contributed by atoms with Gasteiger partial charge in [0.05, 0.1) is 6.20 Å². The van der Waals surface area contributed by atoms with Gasteiger partial charge in [0.1, 0.15) is 23.8 Å². The maximum atomic E-state index is 13.1. The van der Waals surface area contributed by atoms with Gasteiger partial charge in [-0.05, 0) is 5.57 Å². The van der Waals surface area contributed by atoms with Crippen molar-refractivity contribution in [2.24, 2.45) is 0 Å². The Labute approximate surface area is 196 Å². The molecule has 2 N–H and O–H groups in total. The second-order valence-electron chi connectivity index (χ2n) is 7.13. The monoisotopic (exact) mass is 489 g/mol. The van der Waals surface area contributed by atoms with E-state index in [9.17, 15) is 24.3 Å². The van der Waals surface area contributed by atoms with Gasteiger partial charge in [0.15, 0.2) is 0 Å². The summed E-state index contributed by atoms with van der Waals surface area (Å²) in [6.07, 6.45) is 2.52. The average Bonchev–Trinajstić information content (AvgIpc) is 3.33. The van der Waals surface area contributed by atoms with Gasteiger partial charge >= 0.3 is 5.97 Å². The molecule has 172 valence electrons. The van der Waals surface area contributed by atoms with Crippen LogP contribution < -0.4 is 5.32 Å². The molecule has 1 fully saturated rings. The number of β-lactam (4-membered cyclic amide) rings is 1. The van der Waals surface area contributed by atoms with Gasteiger partial charge in [-0.3, -0.25) is 19.3 Å². The number of carbonyl (C=O) groups is 4. The zero-order valence-corrected chi connectivity index (χ0v) is 19.0. The minimum Gasteiger partial charge on any atom is -0.477 e. The van der Waals surface area contributed by atoms with E-state index in [2.05, 4.69) is 10.3 Å². The lowest BCUT2D eigenvalue weighted by Crippen LogP contribution is -2.80. The molecule has 12 heteroatoms. The standard InChI is InChI=1S/C21H19N3O7S2/c1-30-21(23-14(25)9-15-22-7-8-31-15)19(29)24-16(17(26)27)13(11-33-20(21)24)10-32-18(28)12-5-3-2-4-6-12/h2-8,20H,9-11H2,1H3,(H,23,25)(H,26,27)/t20-,21?/m1/s1. The SMILES string of the molecule is COC1(NC(=O)Cc2ncco2)C(=O)N2C(C(=O)O)=C(CSC(=O)c3ccccc3)CS[C@@H]21. The van der Waals surface area contributed by atoms with E-state index in [1.54, 1.807) is 30.3 Å². The number of benzene rings is 1. The molecule has 3 heterocycles. The molecule has 1 aromatic carbocycles. The maximum Gasteiger partial charge on any atom is 0.352 e. The van der Waals surface area contributed by atoms with E-state index in [0.29, 0.717) is 11.1 Å². The molecule has 0 aliphatic carbocycles. The first-order valence-corrected chi connectivity index (χ1v) is 11.8. The zero-order chi connectivity index (χ0) is 23.6. The van der Waals surface area contributed by atoms with Crippen molar-refractivity contribution in [1.82, 2.24) is 15.2 Å². The number of rotatable bonds is 8. The quantitative estimate of drug-likeness (QED) is 0.414. The molecule has 10 nitrogen and oxygen atoms in total. The summed E-state index contributed by atoms with van der Waals surface area (Å²) in [5.41, 5.74) is -0.935. The lowest BCUT2D eigenvalue weighted by Gasteiger charge is -2.55. The number of fused-ring (bicyclic) bond motifs is 1. The van der Waals surface area contributed by atoms with Gasteiger partial charge in [0, 0.05) is 24.2 Å². The molecular formula is C21H19N3O7S2. The van der Waals surface area contributed by atoms with Crippen LogP contribution in [0.15, 0.2) is 58.5 Å². The predicted octanol–water partition coefficient (Wildman–Crippen LogP) is 1.50. The summed E-state index contributed by atoms with van der Waals surface area (Å²) in [7, 11) is 1.27. The van der Waals surface area contributed by atoms with Crippen LogP contribution in [0, 0.1) is 0 Å². The fourth-order valence-electron chi connectivity index (χ4n) is 3.59. The number of methoxy groups -OCH3 is 1. The zero-order valence-electron chi connectivity index (χ0n) is 17.3. The van der Waals surface area contributed by atoms with Crippen LogP contribution in [0.4, 0.5) is 0 Å². The van der Waals surface area contributed by atoms with Crippen LogP contribution in [0.1, 0.15) is 16.2 Å². The number of ether oxygens (including phenoxy) is 1. The summed E-state index contributed by atoms with van der Waals surface area (Å²) >= 11 is 2.23. The third-order valence-electron chi connectivity index (χ3n) is 5.14. The number of oxazole rings is 1. The van der Waals surface area contributed by atoms with Crippen molar-refractivity contribution in [2.45, 2.75) is 17.5 Å². The van der Waals surface area contributed by atoms with Crippen molar-refractivity contribution in [3.8, 4) is 0 Å². The van der Waals surface area contributed by atoms with Crippen LogP contribution in [-0.2, 0) is 25.5 Å². The Hall–Kier alpha value is -3.09. The molecule has 0 radical (unpaired) electrons. The minimum absolute atomic E-state index is 0.120. The van der Waals surface area contributed by atoms with Gasteiger partial charge in [-0.2, -0.15) is 0 Å². The largest absolute Gasteiger partial charge is 0.477 e. The first-order valence-electron chi connectivity index (χ1n) is 9.74. The van der Waals surface area contributed by atoms with Crippen LogP contribution >= 0.6 is 23.5 Å². The smallest absolute Gasteiger partial charge is 0.352 e. The Morgan fingerprint density at radius 3 is 2.76 bits per heavy atom. The van der Waals surface area contributed by atoms with Gasteiger partial charge in [-0.15, -0.1) is 11.8 Å². The molecule has 2 aliphatic heterocycles. The van der Waals surface area contributed by atoms with Gasteiger partial charge in [0.25, 0.3) is 11.6 Å². The fraction of sp³-hybridized carbons (Fsp3) is 0.286. The predicted molar refractivity (Wildman–Crippen MR) is 119 cm³/mol. The van der Waals surface area contributed by atoms with Crippen LogP contribution in [0.3, 0.4) is 0 Å². The molecule has 2 amide bonds. The highest BCUT2D eigenvalue weighted by atomic mass is 32.2.